The lowest BCUT2D eigenvalue weighted by Gasteiger charge is -2.19. The van der Waals surface area contributed by atoms with E-state index < -0.39 is 26.5 Å². The van der Waals surface area contributed by atoms with Gasteiger partial charge < -0.3 is 14.5 Å². The van der Waals surface area contributed by atoms with E-state index in [-0.39, 0.29) is 5.57 Å². The topological polar surface area (TPSA) is 93.1 Å². The van der Waals surface area contributed by atoms with E-state index in [1.165, 1.54) is 6.92 Å². The molecule has 0 bridgehead atoms. The summed E-state index contributed by atoms with van der Waals surface area (Å²) in [6.45, 7) is 4.52. The van der Waals surface area contributed by atoms with Gasteiger partial charge in [-0.25, -0.2) is 9.36 Å². The first-order valence-electron chi connectivity index (χ1n) is 7.48. The SMILES string of the molecule is C=C(C)C(=O)OC(COP(=O)(O)O)c1ccc(-c2ccccc2)cc1. The number of phosphoric ester groups is 1. The van der Waals surface area contributed by atoms with Crippen LogP contribution in [-0.4, -0.2) is 22.4 Å². The van der Waals surface area contributed by atoms with E-state index in [9.17, 15) is 9.36 Å². The number of hydrogen-bond donors (Lipinski definition) is 2. The molecule has 0 heterocycles. The first kappa shape index (κ1) is 19.1. The largest absolute Gasteiger partial charge is 0.469 e. The molecule has 1 unspecified atom stereocenters. The Morgan fingerprint density at radius 2 is 1.64 bits per heavy atom. The van der Waals surface area contributed by atoms with Crippen molar-refractivity contribution in [2.45, 2.75) is 13.0 Å². The van der Waals surface area contributed by atoms with E-state index in [2.05, 4.69) is 11.1 Å². The van der Waals surface area contributed by atoms with E-state index in [0.29, 0.717) is 5.56 Å². The van der Waals surface area contributed by atoms with Crippen molar-refractivity contribution in [3.8, 4) is 11.1 Å². The third-order valence-corrected chi connectivity index (χ3v) is 3.87. The van der Waals surface area contributed by atoms with Gasteiger partial charge in [0.25, 0.3) is 0 Å². The fourth-order valence-corrected chi connectivity index (χ4v) is 2.44. The molecular formula is C18H19O6P. The number of carbonyl (C=O) groups is 1. The first-order valence-corrected chi connectivity index (χ1v) is 9.01. The van der Waals surface area contributed by atoms with Crippen LogP contribution >= 0.6 is 7.82 Å². The molecule has 2 N–H and O–H groups in total. The van der Waals surface area contributed by atoms with Crippen molar-refractivity contribution in [3.05, 3.63) is 72.3 Å². The number of hydrogen-bond acceptors (Lipinski definition) is 4. The van der Waals surface area contributed by atoms with Crippen LogP contribution in [-0.2, 0) is 18.6 Å². The minimum Gasteiger partial charge on any atom is -0.452 e. The highest BCUT2D eigenvalue weighted by Crippen LogP contribution is 2.38. The van der Waals surface area contributed by atoms with Gasteiger partial charge in [-0.3, -0.25) is 4.52 Å². The predicted octanol–water partition coefficient (Wildman–Crippen LogP) is 3.62. The first-order chi connectivity index (χ1) is 11.8. The quantitative estimate of drug-likeness (QED) is 0.444. The van der Waals surface area contributed by atoms with Crippen molar-refractivity contribution in [1.29, 1.82) is 0 Å². The number of carbonyl (C=O) groups excluding carboxylic acids is 1. The van der Waals surface area contributed by atoms with Gasteiger partial charge in [-0.05, 0) is 23.6 Å². The number of benzene rings is 2. The summed E-state index contributed by atoms with van der Waals surface area (Å²) in [6, 6.07) is 16.8. The summed E-state index contributed by atoms with van der Waals surface area (Å²) in [7, 11) is -4.68. The van der Waals surface area contributed by atoms with E-state index in [1.54, 1.807) is 12.1 Å². The molecule has 7 heteroatoms. The van der Waals surface area contributed by atoms with Crippen LogP contribution in [0.3, 0.4) is 0 Å². The smallest absolute Gasteiger partial charge is 0.452 e. The molecule has 0 amide bonds. The molecule has 0 aromatic heterocycles. The van der Waals surface area contributed by atoms with Gasteiger partial charge in [-0.1, -0.05) is 61.2 Å². The Hall–Kier alpha value is -2.24. The van der Waals surface area contributed by atoms with Gasteiger partial charge in [0.15, 0.2) is 6.10 Å². The predicted molar refractivity (Wildman–Crippen MR) is 93.5 cm³/mol. The molecule has 2 aromatic carbocycles. The van der Waals surface area contributed by atoms with Gasteiger partial charge in [0, 0.05) is 5.57 Å². The Labute approximate surface area is 146 Å². The maximum absolute atomic E-state index is 11.8. The van der Waals surface area contributed by atoms with Crippen LogP contribution in [0, 0.1) is 0 Å². The second-order valence-corrected chi connectivity index (χ2v) is 6.69. The molecule has 132 valence electrons. The fourth-order valence-electron chi connectivity index (χ4n) is 2.11. The summed E-state index contributed by atoms with van der Waals surface area (Å²) in [4.78, 5) is 29.5. The third-order valence-electron chi connectivity index (χ3n) is 3.38. The zero-order chi connectivity index (χ0) is 18.4. The Morgan fingerprint density at radius 3 is 2.16 bits per heavy atom. The molecule has 0 aliphatic heterocycles. The molecule has 0 spiro atoms. The lowest BCUT2D eigenvalue weighted by Crippen LogP contribution is -2.16. The summed E-state index contributed by atoms with van der Waals surface area (Å²) in [5.74, 6) is -0.661. The molecule has 25 heavy (non-hydrogen) atoms. The molecule has 0 fully saturated rings. The molecule has 1 atom stereocenters. The lowest BCUT2D eigenvalue weighted by atomic mass is 10.0. The van der Waals surface area contributed by atoms with E-state index >= 15 is 0 Å². The summed E-state index contributed by atoms with van der Waals surface area (Å²) < 4.78 is 20.7. The van der Waals surface area contributed by atoms with Crippen molar-refractivity contribution >= 4 is 13.8 Å². The molecule has 0 saturated heterocycles. The average Bonchev–Trinajstić information content (AvgIpc) is 2.58. The minimum absolute atomic E-state index is 0.182. The van der Waals surface area contributed by atoms with E-state index in [1.807, 2.05) is 42.5 Å². The summed E-state index contributed by atoms with van der Waals surface area (Å²) in [5.41, 5.74) is 2.73. The lowest BCUT2D eigenvalue weighted by molar-refractivity contribution is -0.146. The molecule has 6 nitrogen and oxygen atoms in total. The summed E-state index contributed by atoms with van der Waals surface area (Å²) >= 11 is 0. The van der Waals surface area contributed by atoms with Gasteiger partial charge in [-0.15, -0.1) is 0 Å². The van der Waals surface area contributed by atoms with Crippen molar-refractivity contribution in [3.63, 3.8) is 0 Å². The second kappa shape index (κ2) is 8.23. The third kappa shape index (κ3) is 5.96. The highest BCUT2D eigenvalue weighted by molar-refractivity contribution is 7.46. The van der Waals surface area contributed by atoms with Gasteiger partial charge in [0.1, 0.15) is 0 Å². The minimum atomic E-state index is -4.68. The van der Waals surface area contributed by atoms with Gasteiger partial charge in [-0.2, -0.15) is 0 Å². The Morgan fingerprint density at radius 1 is 1.08 bits per heavy atom. The highest BCUT2D eigenvalue weighted by Gasteiger charge is 2.23. The fraction of sp³-hybridized carbons (Fsp3) is 0.167. The molecular weight excluding hydrogens is 343 g/mol. The van der Waals surface area contributed by atoms with E-state index in [4.69, 9.17) is 14.5 Å². The summed E-state index contributed by atoms with van der Waals surface area (Å²) in [5, 5.41) is 0. The number of ether oxygens (including phenoxy) is 1. The van der Waals surface area contributed by atoms with Crippen molar-refractivity contribution in [2.24, 2.45) is 0 Å². The van der Waals surface area contributed by atoms with E-state index in [0.717, 1.165) is 11.1 Å². The van der Waals surface area contributed by atoms with Crippen LogP contribution in [0.1, 0.15) is 18.6 Å². The Kier molecular flexibility index (Phi) is 6.28. The molecule has 0 aliphatic carbocycles. The van der Waals surface area contributed by atoms with Crippen LogP contribution in [0.15, 0.2) is 66.7 Å². The van der Waals surface area contributed by atoms with Gasteiger partial charge in [0.2, 0.25) is 0 Å². The van der Waals surface area contributed by atoms with Crippen molar-refractivity contribution in [2.75, 3.05) is 6.61 Å². The molecule has 0 aliphatic rings. The van der Waals surface area contributed by atoms with Crippen LogP contribution in [0.2, 0.25) is 0 Å². The van der Waals surface area contributed by atoms with Gasteiger partial charge >= 0.3 is 13.8 Å². The molecule has 2 aromatic rings. The highest BCUT2D eigenvalue weighted by atomic mass is 31.2. The normalized spacial score (nSPS) is 12.4. The zero-order valence-electron chi connectivity index (χ0n) is 13.7. The van der Waals surface area contributed by atoms with Crippen LogP contribution < -0.4 is 0 Å². The number of rotatable bonds is 7. The zero-order valence-corrected chi connectivity index (χ0v) is 14.6. The van der Waals surface area contributed by atoms with Crippen LogP contribution in [0.25, 0.3) is 11.1 Å². The van der Waals surface area contributed by atoms with Crippen molar-refractivity contribution < 1.29 is 28.4 Å². The number of phosphoric acid groups is 1. The molecule has 0 radical (unpaired) electrons. The summed E-state index contributed by atoms with van der Waals surface area (Å²) in [6.07, 6.45) is -0.957. The standard InChI is InChI=1S/C18H19O6P/c1-13(2)18(19)24-17(12-23-25(20,21)22)16-10-8-15(9-11-16)14-6-4-3-5-7-14/h3-11,17H,1,12H2,2H3,(H2,20,21,22). The maximum Gasteiger partial charge on any atom is 0.469 e. The monoisotopic (exact) mass is 362 g/mol. The van der Waals surface area contributed by atoms with Crippen LogP contribution in [0.4, 0.5) is 0 Å². The Balaban J connectivity index is 2.22. The molecule has 0 saturated carbocycles. The Bertz CT molecular complexity index is 779. The maximum atomic E-state index is 11.8. The van der Waals surface area contributed by atoms with Crippen LogP contribution in [0.5, 0.6) is 0 Å². The second-order valence-electron chi connectivity index (χ2n) is 5.45. The van der Waals surface area contributed by atoms with Crippen molar-refractivity contribution in [1.82, 2.24) is 0 Å². The number of esters is 1. The average molecular weight is 362 g/mol. The van der Waals surface area contributed by atoms with Gasteiger partial charge in [0.05, 0.1) is 6.61 Å². The molecule has 2 rings (SSSR count).